The van der Waals surface area contributed by atoms with Gasteiger partial charge in [0.25, 0.3) is 0 Å². The number of anilines is 1. The number of nitrogens with one attached hydrogen (secondary N) is 1. The topological polar surface area (TPSA) is 41.6 Å². The van der Waals surface area contributed by atoms with E-state index in [-0.39, 0.29) is 17.2 Å². The molecule has 0 radical (unpaired) electrons. The van der Waals surface area contributed by atoms with Gasteiger partial charge < -0.3 is 15.0 Å². The predicted octanol–water partition coefficient (Wildman–Crippen LogP) is 4.11. The molecule has 1 aliphatic rings. The minimum Gasteiger partial charge on any atom is -0.497 e. The second kappa shape index (κ2) is 6.91. The van der Waals surface area contributed by atoms with E-state index in [0.717, 1.165) is 11.3 Å². The van der Waals surface area contributed by atoms with E-state index in [2.05, 4.69) is 5.32 Å². The SMILES string of the molecule is COc1cccc(NC(=O)N2CCS[C@H]2c2ccc(F)cc2)c1. The fraction of sp³-hybridized carbons (Fsp3) is 0.235. The maximum absolute atomic E-state index is 13.1. The van der Waals surface area contributed by atoms with Crippen LogP contribution in [0.1, 0.15) is 10.9 Å². The molecule has 23 heavy (non-hydrogen) atoms. The van der Waals surface area contributed by atoms with Gasteiger partial charge in [-0.15, -0.1) is 11.8 Å². The Morgan fingerprint density at radius 3 is 2.83 bits per heavy atom. The minimum absolute atomic E-state index is 0.0961. The molecule has 4 nitrogen and oxygen atoms in total. The summed E-state index contributed by atoms with van der Waals surface area (Å²) in [6.07, 6.45) is 0. The summed E-state index contributed by atoms with van der Waals surface area (Å²) in [6, 6.07) is 13.4. The maximum Gasteiger partial charge on any atom is 0.323 e. The molecule has 120 valence electrons. The van der Waals surface area contributed by atoms with E-state index in [4.69, 9.17) is 4.74 Å². The van der Waals surface area contributed by atoms with E-state index in [9.17, 15) is 9.18 Å². The summed E-state index contributed by atoms with van der Waals surface area (Å²) >= 11 is 1.67. The van der Waals surface area contributed by atoms with Crippen LogP contribution in [-0.2, 0) is 0 Å². The summed E-state index contributed by atoms with van der Waals surface area (Å²) in [5.41, 5.74) is 1.61. The predicted molar refractivity (Wildman–Crippen MR) is 90.3 cm³/mol. The number of benzene rings is 2. The summed E-state index contributed by atoms with van der Waals surface area (Å²) in [5.74, 6) is 1.27. The Bertz CT molecular complexity index is 693. The van der Waals surface area contributed by atoms with Crippen molar-refractivity contribution in [1.29, 1.82) is 0 Å². The smallest absolute Gasteiger partial charge is 0.323 e. The van der Waals surface area contributed by atoms with E-state index in [0.29, 0.717) is 18.0 Å². The number of hydrogen-bond donors (Lipinski definition) is 1. The fourth-order valence-electron chi connectivity index (χ4n) is 2.48. The highest BCUT2D eigenvalue weighted by molar-refractivity contribution is 7.99. The lowest BCUT2D eigenvalue weighted by molar-refractivity contribution is 0.214. The molecule has 0 saturated carbocycles. The largest absolute Gasteiger partial charge is 0.497 e. The standard InChI is InChI=1S/C17H17FN2O2S/c1-22-15-4-2-3-14(11-15)19-17(21)20-9-10-23-16(20)12-5-7-13(18)8-6-12/h2-8,11,16H,9-10H2,1H3,(H,19,21)/t16-/m0/s1. The van der Waals surface area contributed by atoms with Gasteiger partial charge in [-0.3, -0.25) is 0 Å². The Labute approximate surface area is 138 Å². The number of ether oxygens (including phenoxy) is 1. The molecule has 0 aliphatic carbocycles. The lowest BCUT2D eigenvalue weighted by Gasteiger charge is -2.24. The van der Waals surface area contributed by atoms with Gasteiger partial charge in [-0.25, -0.2) is 9.18 Å². The van der Waals surface area contributed by atoms with E-state index in [1.807, 2.05) is 18.2 Å². The van der Waals surface area contributed by atoms with Gasteiger partial charge in [0, 0.05) is 24.1 Å². The molecule has 0 bridgehead atoms. The molecule has 1 heterocycles. The number of amides is 2. The molecule has 2 aromatic rings. The van der Waals surface area contributed by atoms with Crippen LogP contribution in [-0.4, -0.2) is 30.3 Å². The van der Waals surface area contributed by atoms with Crippen molar-refractivity contribution in [1.82, 2.24) is 4.90 Å². The number of thioether (sulfide) groups is 1. The number of methoxy groups -OCH3 is 1. The molecule has 1 N–H and O–H groups in total. The van der Waals surface area contributed by atoms with Crippen molar-refractivity contribution in [2.24, 2.45) is 0 Å². The van der Waals surface area contributed by atoms with Crippen molar-refractivity contribution in [3.63, 3.8) is 0 Å². The van der Waals surface area contributed by atoms with Gasteiger partial charge in [0.15, 0.2) is 0 Å². The van der Waals surface area contributed by atoms with Crippen LogP contribution in [0.5, 0.6) is 5.75 Å². The molecule has 1 fully saturated rings. The molecule has 2 amide bonds. The van der Waals surface area contributed by atoms with Crippen LogP contribution < -0.4 is 10.1 Å². The van der Waals surface area contributed by atoms with E-state index in [1.54, 1.807) is 42.0 Å². The normalized spacial score (nSPS) is 17.1. The average molecular weight is 332 g/mol. The molecule has 1 atom stereocenters. The summed E-state index contributed by atoms with van der Waals surface area (Å²) in [6.45, 7) is 0.655. The number of rotatable bonds is 3. The first kappa shape index (κ1) is 15.7. The summed E-state index contributed by atoms with van der Waals surface area (Å²) < 4.78 is 18.2. The van der Waals surface area contributed by atoms with Crippen LogP contribution in [0.3, 0.4) is 0 Å². The zero-order valence-corrected chi connectivity index (χ0v) is 13.5. The van der Waals surface area contributed by atoms with Crippen LogP contribution in [0, 0.1) is 5.82 Å². The van der Waals surface area contributed by atoms with Crippen molar-refractivity contribution >= 4 is 23.5 Å². The molecule has 0 aromatic heterocycles. The molecule has 2 aromatic carbocycles. The van der Waals surface area contributed by atoms with Crippen LogP contribution in [0.15, 0.2) is 48.5 Å². The first-order valence-electron chi connectivity index (χ1n) is 7.26. The van der Waals surface area contributed by atoms with Gasteiger partial charge in [0.2, 0.25) is 0 Å². The monoisotopic (exact) mass is 332 g/mol. The number of nitrogens with zero attached hydrogens (tertiary/aromatic N) is 1. The summed E-state index contributed by atoms with van der Waals surface area (Å²) in [7, 11) is 1.59. The van der Waals surface area contributed by atoms with Crippen LogP contribution in [0.2, 0.25) is 0 Å². The fourth-order valence-corrected chi connectivity index (χ4v) is 3.73. The quantitative estimate of drug-likeness (QED) is 0.919. The number of carbonyl (C=O) groups is 1. The molecule has 3 rings (SSSR count). The molecular weight excluding hydrogens is 315 g/mol. The van der Waals surface area contributed by atoms with Crippen molar-refractivity contribution in [2.75, 3.05) is 24.7 Å². The van der Waals surface area contributed by atoms with Gasteiger partial charge >= 0.3 is 6.03 Å². The highest BCUT2D eigenvalue weighted by Gasteiger charge is 2.30. The third kappa shape index (κ3) is 3.59. The minimum atomic E-state index is -0.274. The Balaban J connectivity index is 1.74. The van der Waals surface area contributed by atoms with E-state index >= 15 is 0 Å². The first-order chi connectivity index (χ1) is 11.2. The zero-order valence-electron chi connectivity index (χ0n) is 12.7. The van der Waals surface area contributed by atoms with Crippen LogP contribution in [0.25, 0.3) is 0 Å². The van der Waals surface area contributed by atoms with Gasteiger partial charge in [0.1, 0.15) is 16.9 Å². The average Bonchev–Trinajstić information content (AvgIpc) is 3.05. The van der Waals surface area contributed by atoms with Crippen LogP contribution >= 0.6 is 11.8 Å². The van der Waals surface area contributed by atoms with Crippen molar-refractivity contribution in [2.45, 2.75) is 5.37 Å². The second-order valence-electron chi connectivity index (χ2n) is 5.13. The summed E-state index contributed by atoms with van der Waals surface area (Å²) in [5, 5.41) is 2.79. The van der Waals surface area contributed by atoms with Crippen molar-refractivity contribution < 1.29 is 13.9 Å². The highest BCUT2D eigenvalue weighted by atomic mass is 32.2. The lowest BCUT2D eigenvalue weighted by Crippen LogP contribution is -2.34. The highest BCUT2D eigenvalue weighted by Crippen LogP contribution is 2.38. The number of urea groups is 1. The van der Waals surface area contributed by atoms with Crippen LogP contribution in [0.4, 0.5) is 14.9 Å². The Kier molecular flexibility index (Phi) is 4.71. The summed E-state index contributed by atoms with van der Waals surface area (Å²) in [4.78, 5) is 14.3. The van der Waals surface area contributed by atoms with Gasteiger partial charge in [-0.05, 0) is 29.8 Å². The van der Waals surface area contributed by atoms with Crippen molar-refractivity contribution in [3.8, 4) is 5.75 Å². The number of carbonyl (C=O) groups excluding carboxylic acids is 1. The molecule has 1 saturated heterocycles. The second-order valence-corrected chi connectivity index (χ2v) is 6.32. The number of halogens is 1. The molecule has 0 spiro atoms. The Hall–Kier alpha value is -2.21. The zero-order chi connectivity index (χ0) is 16.2. The van der Waals surface area contributed by atoms with Crippen molar-refractivity contribution in [3.05, 3.63) is 59.9 Å². The molecule has 6 heteroatoms. The lowest BCUT2D eigenvalue weighted by atomic mass is 10.2. The Morgan fingerprint density at radius 2 is 2.09 bits per heavy atom. The van der Waals surface area contributed by atoms with E-state index < -0.39 is 0 Å². The molecule has 1 aliphatic heterocycles. The van der Waals surface area contributed by atoms with Gasteiger partial charge in [-0.2, -0.15) is 0 Å². The van der Waals surface area contributed by atoms with Gasteiger partial charge in [0.05, 0.1) is 7.11 Å². The number of hydrogen-bond acceptors (Lipinski definition) is 3. The molecular formula is C17H17FN2O2S. The molecule has 0 unspecified atom stereocenters. The van der Waals surface area contributed by atoms with Gasteiger partial charge in [-0.1, -0.05) is 18.2 Å². The third-order valence-corrected chi connectivity index (χ3v) is 4.89. The first-order valence-corrected chi connectivity index (χ1v) is 8.31. The maximum atomic E-state index is 13.1. The van der Waals surface area contributed by atoms with E-state index in [1.165, 1.54) is 12.1 Å². The third-order valence-electron chi connectivity index (χ3n) is 3.63. The Morgan fingerprint density at radius 1 is 1.30 bits per heavy atom.